The molecule has 0 spiro atoms. The summed E-state index contributed by atoms with van der Waals surface area (Å²) in [5, 5.41) is 16.2. The van der Waals surface area contributed by atoms with Gasteiger partial charge in [0.1, 0.15) is 5.75 Å². The Bertz CT molecular complexity index is 1070. The fourth-order valence-electron chi connectivity index (χ4n) is 2.68. The summed E-state index contributed by atoms with van der Waals surface area (Å²) in [4.78, 5) is 12.3. The summed E-state index contributed by atoms with van der Waals surface area (Å²) in [6.07, 6.45) is 1.76. The van der Waals surface area contributed by atoms with E-state index in [1.807, 2.05) is 22.8 Å². The molecule has 1 aromatic heterocycles. The Morgan fingerprint density at radius 2 is 2.03 bits per heavy atom. The summed E-state index contributed by atoms with van der Waals surface area (Å²) in [5.41, 5.74) is 1.48. The van der Waals surface area contributed by atoms with E-state index in [0.717, 1.165) is 5.69 Å². The van der Waals surface area contributed by atoms with Gasteiger partial charge in [-0.25, -0.2) is 0 Å². The molecule has 10 heteroatoms. The number of carbonyl (C=O) groups is 1. The summed E-state index contributed by atoms with van der Waals surface area (Å²) >= 11 is 13.3. The first-order chi connectivity index (χ1) is 15.0. The van der Waals surface area contributed by atoms with Crippen molar-refractivity contribution in [2.24, 2.45) is 0 Å². The molecule has 3 aromatic rings. The van der Waals surface area contributed by atoms with E-state index in [2.05, 4.69) is 27.4 Å². The number of anilines is 2. The number of hydrogen-bond donors (Lipinski definition) is 2. The second-order valence-corrected chi connectivity index (χ2v) is 8.11. The van der Waals surface area contributed by atoms with Crippen LogP contribution in [0.25, 0.3) is 0 Å². The van der Waals surface area contributed by atoms with Crippen molar-refractivity contribution in [1.29, 1.82) is 0 Å². The van der Waals surface area contributed by atoms with Gasteiger partial charge < -0.3 is 19.9 Å². The average Bonchev–Trinajstić information content (AvgIpc) is 3.15. The molecule has 0 aliphatic carbocycles. The third-order valence-electron chi connectivity index (χ3n) is 4.16. The maximum absolute atomic E-state index is 12.3. The number of amides is 1. The molecule has 31 heavy (non-hydrogen) atoms. The van der Waals surface area contributed by atoms with Crippen molar-refractivity contribution in [3.8, 4) is 5.75 Å². The SMILES string of the molecule is C=CCn1c(CNc2ccc(Cl)c(Cl)c2)nnc1SCC(=O)Nc1cccc(OC)c1. The lowest BCUT2D eigenvalue weighted by atomic mass is 10.3. The van der Waals surface area contributed by atoms with Gasteiger partial charge in [-0.3, -0.25) is 4.79 Å². The van der Waals surface area contributed by atoms with E-state index in [1.54, 1.807) is 37.5 Å². The number of aromatic nitrogens is 3. The molecule has 0 saturated heterocycles. The number of methoxy groups -OCH3 is 1. The first-order valence-electron chi connectivity index (χ1n) is 9.28. The molecule has 2 aromatic carbocycles. The van der Waals surface area contributed by atoms with Gasteiger partial charge in [0.2, 0.25) is 5.91 Å². The molecule has 3 rings (SSSR count). The number of benzene rings is 2. The summed E-state index contributed by atoms with van der Waals surface area (Å²) in [7, 11) is 1.58. The first kappa shape index (κ1) is 23.0. The fourth-order valence-corrected chi connectivity index (χ4v) is 3.75. The van der Waals surface area contributed by atoms with Crippen LogP contribution in [0.4, 0.5) is 11.4 Å². The third kappa shape index (κ3) is 6.40. The number of ether oxygens (including phenoxy) is 1. The molecular formula is C21H21Cl2N5O2S. The smallest absolute Gasteiger partial charge is 0.234 e. The van der Waals surface area contributed by atoms with Crippen LogP contribution < -0.4 is 15.4 Å². The molecule has 0 fully saturated rings. The standard InChI is InChI=1S/C21H21Cl2N5O2S/c1-3-9-28-19(12-24-14-7-8-17(22)18(23)11-14)26-27-21(28)31-13-20(29)25-15-5-4-6-16(10-15)30-2/h3-8,10-11,24H,1,9,12-13H2,2H3,(H,25,29). The van der Waals surface area contributed by atoms with Crippen LogP contribution in [0.15, 0.2) is 60.3 Å². The molecule has 162 valence electrons. The summed E-state index contributed by atoms with van der Waals surface area (Å²) in [6, 6.07) is 12.5. The van der Waals surface area contributed by atoms with E-state index >= 15 is 0 Å². The highest BCUT2D eigenvalue weighted by Gasteiger charge is 2.14. The fraction of sp³-hybridized carbons (Fsp3) is 0.190. The molecule has 0 radical (unpaired) electrons. The number of hydrogen-bond acceptors (Lipinski definition) is 6. The Morgan fingerprint density at radius 1 is 1.19 bits per heavy atom. The predicted molar refractivity (Wildman–Crippen MR) is 126 cm³/mol. The minimum atomic E-state index is -0.151. The van der Waals surface area contributed by atoms with Gasteiger partial charge in [0, 0.05) is 24.0 Å². The van der Waals surface area contributed by atoms with Crippen LogP contribution in [0.2, 0.25) is 10.0 Å². The van der Waals surface area contributed by atoms with E-state index in [0.29, 0.717) is 45.6 Å². The topological polar surface area (TPSA) is 81.1 Å². The van der Waals surface area contributed by atoms with Crippen molar-refractivity contribution in [3.63, 3.8) is 0 Å². The van der Waals surface area contributed by atoms with E-state index in [4.69, 9.17) is 27.9 Å². The van der Waals surface area contributed by atoms with E-state index in [1.165, 1.54) is 11.8 Å². The monoisotopic (exact) mass is 477 g/mol. The van der Waals surface area contributed by atoms with E-state index in [-0.39, 0.29) is 11.7 Å². The number of allylic oxidation sites excluding steroid dienone is 1. The van der Waals surface area contributed by atoms with E-state index in [9.17, 15) is 4.79 Å². The van der Waals surface area contributed by atoms with Gasteiger partial charge in [-0.1, -0.05) is 47.1 Å². The third-order valence-corrected chi connectivity index (χ3v) is 5.87. The second-order valence-electron chi connectivity index (χ2n) is 6.35. The van der Waals surface area contributed by atoms with Crippen LogP contribution in [-0.4, -0.2) is 33.5 Å². The van der Waals surface area contributed by atoms with Crippen molar-refractivity contribution in [3.05, 3.63) is 71.0 Å². The number of halogens is 2. The normalized spacial score (nSPS) is 10.5. The highest BCUT2D eigenvalue weighted by molar-refractivity contribution is 7.99. The lowest BCUT2D eigenvalue weighted by molar-refractivity contribution is -0.113. The molecular weight excluding hydrogens is 457 g/mol. The van der Waals surface area contributed by atoms with Crippen LogP contribution >= 0.6 is 35.0 Å². The Kier molecular flexibility index (Phi) is 8.22. The zero-order valence-corrected chi connectivity index (χ0v) is 19.1. The van der Waals surface area contributed by atoms with Gasteiger partial charge in [0.05, 0.1) is 29.5 Å². The number of nitrogens with one attached hydrogen (secondary N) is 2. The molecule has 0 unspecified atom stereocenters. The Balaban J connectivity index is 1.61. The summed E-state index contributed by atoms with van der Waals surface area (Å²) in [6.45, 7) is 4.74. The van der Waals surface area contributed by atoms with E-state index < -0.39 is 0 Å². The Labute approximate surface area is 194 Å². The van der Waals surface area contributed by atoms with Crippen LogP contribution in [0.5, 0.6) is 5.75 Å². The second kappa shape index (κ2) is 11.1. The maximum atomic E-state index is 12.3. The van der Waals surface area contributed by atoms with Crippen molar-refractivity contribution < 1.29 is 9.53 Å². The highest BCUT2D eigenvalue weighted by atomic mass is 35.5. The number of thioether (sulfide) groups is 1. The minimum Gasteiger partial charge on any atom is -0.497 e. The number of carbonyl (C=O) groups excluding carboxylic acids is 1. The minimum absolute atomic E-state index is 0.151. The molecule has 0 aliphatic heterocycles. The summed E-state index contributed by atoms with van der Waals surface area (Å²) in [5.74, 6) is 1.42. The van der Waals surface area contributed by atoms with Gasteiger partial charge >= 0.3 is 0 Å². The number of nitrogens with zero attached hydrogens (tertiary/aromatic N) is 3. The molecule has 1 heterocycles. The lowest BCUT2D eigenvalue weighted by Crippen LogP contribution is -2.15. The molecule has 0 saturated carbocycles. The van der Waals surface area contributed by atoms with Gasteiger partial charge in [-0.05, 0) is 30.3 Å². The zero-order chi connectivity index (χ0) is 22.2. The van der Waals surface area contributed by atoms with Crippen molar-refractivity contribution >= 4 is 52.2 Å². The largest absolute Gasteiger partial charge is 0.497 e. The number of rotatable bonds is 10. The van der Waals surface area contributed by atoms with Gasteiger partial charge in [-0.2, -0.15) is 0 Å². The lowest BCUT2D eigenvalue weighted by Gasteiger charge is -2.10. The van der Waals surface area contributed by atoms with Gasteiger partial charge in [0.25, 0.3) is 0 Å². The quantitative estimate of drug-likeness (QED) is 0.311. The zero-order valence-electron chi connectivity index (χ0n) is 16.8. The maximum Gasteiger partial charge on any atom is 0.234 e. The van der Waals surface area contributed by atoms with Gasteiger partial charge in [-0.15, -0.1) is 16.8 Å². The molecule has 1 amide bonds. The van der Waals surface area contributed by atoms with Crippen LogP contribution in [0.1, 0.15) is 5.82 Å². The van der Waals surface area contributed by atoms with Gasteiger partial charge in [0.15, 0.2) is 11.0 Å². The Hall–Kier alpha value is -2.68. The molecule has 7 nitrogen and oxygen atoms in total. The van der Waals surface area contributed by atoms with Crippen molar-refractivity contribution in [2.45, 2.75) is 18.2 Å². The van der Waals surface area contributed by atoms with Crippen LogP contribution in [0.3, 0.4) is 0 Å². The van der Waals surface area contributed by atoms with Crippen molar-refractivity contribution in [1.82, 2.24) is 14.8 Å². The predicted octanol–water partition coefficient (Wildman–Crippen LogP) is 5.12. The molecule has 0 aliphatic rings. The van der Waals surface area contributed by atoms with Crippen LogP contribution in [-0.2, 0) is 17.9 Å². The highest BCUT2D eigenvalue weighted by Crippen LogP contribution is 2.25. The summed E-state index contributed by atoms with van der Waals surface area (Å²) < 4.78 is 7.07. The molecule has 0 bridgehead atoms. The average molecular weight is 478 g/mol. The molecule has 0 atom stereocenters. The van der Waals surface area contributed by atoms with Crippen LogP contribution in [0, 0.1) is 0 Å². The molecule has 2 N–H and O–H groups in total. The first-order valence-corrected chi connectivity index (χ1v) is 11.0. The Morgan fingerprint density at radius 3 is 2.77 bits per heavy atom. The van der Waals surface area contributed by atoms with Crippen molar-refractivity contribution in [2.75, 3.05) is 23.5 Å².